The number of fused-ring (bicyclic) bond motifs is 1. The number of imidazole rings is 1. The van der Waals surface area contributed by atoms with Crippen molar-refractivity contribution in [3.8, 4) is 5.75 Å². The molecule has 0 saturated heterocycles. The molecule has 0 spiro atoms. The zero-order valence-corrected chi connectivity index (χ0v) is 18.7. The Labute approximate surface area is 187 Å². The topological polar surface area (TPSA) is 72.3 Å². The van der Waals surface area contributed by atoms with Gasteiger partial charge in [0.25, 0.3) is 0 Å². The number of carbonyl (C=O) groups excluding carboxylic acids is 1. The molecule has 0 radical (unpaired) electrons. The van der Waals surface area contributed by atoms with Gasteiger partial charge in [0.1, 0.15) is 5.75 Å². The molecule has 2 aromatic heterocycles. The second-order valence-electron chi connectivity index (χ2n) is 7.64. The maximum Gasteiger partial charge on any atom is 0.323 e. The monoisotopic (exact) mass is 439 g/mol. The number of carbonyl (C=O) groups is 1. The number of para-hydroxylation sites is 1. The van der Waals surface area contributed by atoms with Gasteiger partial charge in [-0.05, 0) is 45.1 Å². The number of thiazole rings is 1. The van der Waals surface area contributed by atoms with E-state index in [2.05, 4.69) is 15.3 Å². The lowest BCUT2D eigenvalue weighted by molar-refractivity contribution is 0.206. The fourth-order valence-electron chi connectivity index (χ4n) is 3.83. The molecule has 1 aliphatic carbocycles. The minimum absolute atomic E-state index is 0.122. The summed E-state index contributed by atoms with van der Waals surface area (Å²) in [5, 5.41) is 3.75. The second-order valence-corrected chi connectivity index (χ2v) is 8.73. The molecule has 2 heterocycles. The first-order valence-electron chi connectivity index (χ1n) is 10.9. The molecule has 7 nitrogen and oxygen atoms in total. The average Bonchev–Trinajstić information content (AvgIpc) is 3.43. The number of aryl methyl sites for hydroxylation is 3. The number of nitrogens with zero attached hydrogens (tertiary/aromatic N) is 4. The molecule has 1 N–H and O–H groups in total. The number of hydrogen-bond donors (Lipinski definition) is 1. The van der Waals surface area contributed by atoms with Crippen LogP contribution in [-0.2, 0) is 25.9 Å². The number of rotatable bonds is 9. The van der Waals surface area contributed by atoms with Gasteiger partial charge in [-0.15, -0.1) is 11.3 Å². The summed E-state index contributed by atoms with van der Waals surface area (Å²) < 4.78 is 7.80. The van der Waals surface area contributed by atoms with Crippen LogP contribution in [-0.4, -0.2) is 38.6 Å². The van der Waals surface area contributed by atoms with Crippen LogP contribution in [0.25, 0.3) is 0 Å². The van der Waals surface area contributed by atoms with Crippen LogP contribution in [0.15, 0.2) is 43.0 Å². The van der Waals surface area contributed by atoms with Crippen molar-refractivity contribution in [2.75, 3.05) is 18.5 Å². The van der Waals surface area contributed by atoms with Crippen LogP contribution in [0.2, 0.25) is 0 Å². The number of urea groups is 1. The highest BCUT2D eigenvalue weighted by Gasteiger charge is 2.20. The van der Waals surface area contributed by atoms with Gasteiger partial charge >= 0.3 is 6.03 Å². The molecule has 4 rings (SSSR count). The van der Waals surface area contributed by atoms with Crippen LogP contribution in [0.1, 0.15) is 42.3 Å². The van der Waals surface area contributed by atoms with E-state index in [-0.39, 0.29) is 6.03 Å². The van der Waals surface area contributed by atoms with E-state index in [0.717, 1.165) is 42.8 Å². The normalized spacial score (nSPS) is 12.9. The predicted molar refractivity (Wildman–Crippen MR) is 123 cm³/mol. The minimum atomic E-state index is -0.122. The van der Waals surface area contributed by atoms with Gasteiger partial charge in [0.05, 0.1) is 25.2 Å². The van der Waals surface area contributed by atoms with Gasteiger partial charge in [0.2, 0.25) is 0 Å². The van der Waals surface area contributed by atoms with Crippen molar-refractivity contribution in [1.29, 1.82) is 0 Å². The molecule has 0 fully saturated rings. The summed E-state index contributed by atoms with van der Waals surface area (Å²) in [5.74, 6) is 0.821. The van der Waals surface area contributed by atoms with E-state index in [0.29, 0.717) is 24.8 Å². The van der Waals surface area contributed by atoms with Crippen molar-refractivity contribution >= 4 is 22.5 Å². The molecule has 0 unspecified atom stereocenters. The van der Waals surface area contributed by atoms with Gasteiger partial charge in [0.15, 0.2) is 5.13 Å². The Morgan fingerprint density at radius 1 is 1.29 bits per heavy atom. The molecule has 1 aliphatic rings. The molecule has 8 heteroatoms. The molecule has 2 amide bonds. The van der Waals surface area contributed by atoms with E-state index in [9.17, 15) is 4.79 Å². The van der Waals surface area contributed by atoms with Gasteiger partial charge < -0.3 is 14.2 Å². The first-order chi connectivity index (χ1) is 15.2. The van der Waals surface area contributed by atoms with Gasteiger partial charge in [-0.25, -0.2) is 14.8 Å². The van der Waals surface area contributed by atoms with Gasteiger partial charge in [-0.1, -0.05) is 18.2 Å². The lowest BCUT2D eigenvalue weighted by atomic mass is 10.0. The quantitative estimate of drug-likeness (QED) is 0.523. The second kappa shape index (κ2) is 10.4. The summed E-state index contributed by atoms with van der Waals surface area (Å²) in [6.45, 7) is 4.47. The molecule has 0 bridgehead atoms. The lowest BCUT2D eigenvalue weighted by Gasteiger charge is -2.24. The summed E-state index contributed by atoms with van der Waals surface area (Å²) >= 11 is 1.61. The Balaban J connectivity index is 1.46. The molecular formula is C23H29N5O2S. The fraction of sp³-hybridized carbons (Fsp3) is 0.435. The van der Waals surface area contributed by atoms with Crippen LogP contribution < -0.4 is 10.1 Å². The maximum atomic E-state index is 13.2. The van der Waals surface area contributed by atoms with Gasteiger partial charge in [0, 0.05) is 35.9 Å². The lowest BCUT2D eigenvalue weighted by Crippen LogP contribution is -2.35. The smallest absolute Gasteiger partial charge is 0.323 e. The largest absolute Gasteiger partial charge is 0.494 e. The molecule has 164 valence electrons. The van der Waals surface area contributed by atoms with Crippen LogP contribution >= 0.6 is 11.3 Å². The Hall–Kier alpha value is -2.87. The molecule has 0 atom stereocenters. The minimum Gasteiger partial charge on any atom is -0.494 e. The van der Waals surface area contributed by atoms with Crippen molar-refractivity contribution in [2.24, 2.45) is 0 Å². The SMILES string of the molecule is CCOc1ccccc1CN(CCCn1ccnc1)C(=O)Nc1nc2c(s1)CCCC2. The first kappa shape index (κ1) is 21.4. The summed E-state index contributed by atoms with van der Waals surface area (Å²) in [6, 6.07) is 7.79. The Kier molecular flexibility index (Phi) is 7.19. The highest BCUT2D eigenvalue weighted by atomic mass is 32.1. The summed E-state index contributed by atoms with van der Waals surface area (Å²) in [6.07, 6.45) is 10.8. The highest BCUT2D eigenvalue weighted by Crippen LogP contribution is 2.30. The fourth-order valence-corrected chi connectivity index (χ4v) is 4.87. The van der Waals surface area contributed by atoms with Crippen LogP contribution in [0, 0.1) is 0 Å². The van der Waals surface area contributed by atoms with E-state index in [1.165, 1.54) is 17.7 Å². The van der Waals surface area contributed by atoms with Gasteiger partial charge in [-0.3, -0.25) is 5.32 Å². The number of aromatic nitrogens is 3. The van der Waals surface area contributed by atoms with Gasteiger partial charge in [-0.2, -0.15) is 0 Å². The van der Waals surface area contributed by atoms with Crippen molar-refractivity contribution in [3.63, 3.8) is 0 Å². The molecular weight excluding hydrogens is 410 g/mol. The van der Waals surface area contributed by atoms with Crippen LogP contribution in [0.5, 0.6) is 5.75 Å². The zero-order chi connectivity index (χ0) is 21.5. The molecule has 0 saturated carbocycles. The van der Waals surface area contributed by atoms with E-state index in [1.807, 2.05) is 46.9 Å². The van der Waals surface area contributed by atoms with Crippen LogP contribution in [0.4, 0.5) is 9.93 Å². The number of ether oxygens (including phenoxy) is 1. The predicted octanol–water partition coefficient (Wildman–Crippen LogP) is 4.74. The maximum absolute atomic E-state index is 13.2. The molecule has 0 aliphatic heterocycles. The van der Waals surface area contributed by atoms with E-state index in [4.69, 9.17) is 4.74 Å². The summed E-state index contributed by atoms with van der Waals surface area (Å²) in [4.78, 5) is 25.1. The van der Waals surface area contributed by atoms with Crippen LogP contribution in [0.3, 0.4) is 0 Å². The van der Waals surface area contributed by atoms with E-state index < -0.39 is 0 Å². The number of amides is 2. The Morgan fingerprint density at radius 2 is 2.16 bits per heavy atom. The summed E-state index contributed by atoms with van der Waals surface area (Å²) in [5.41, 5.74) is 2.15. The standard InChI is InChI=1S/C23H29N5O2S/c1-2-30-20-10-5-3-8-18(20)16-28(14-7-13-27-15-12-24-17-27)23(29)26-22-25-19-9-4-6-11-21(19)31-22/h3,5,8,10,12,15,17H,2,4,6-7,9,11,13-14,16H2,1H3,(H,25,26,29). The molecule has 31 heavy (non-hydrogen) atoms. The number of benzene rings is 1. The Morgan fingerprint density at radius 3 is 2.97 bits per heavy atom. The third-order valence-electron chi connectivity index (χ3n) is 5.38. The van der Waals surface area contributed by atoms with E-state index >= 15 is 0 Å². The first-order valence-corrected chi connectivity index (χ1v) is 11.8. The average molecular weight is 440 g/mol. The Bertz CT molecular complexity index is 962. The molecule has 3 aromatic rings. The number of anilines is 1. The van der Waals surface area contributed by atoms with Crippen molar-refractivity contribution in [1.82, 2.24) is 19.4 Å². The summed E-state index contributed by atoms with van der Waals surface area (Å²) in [7, 11) is 0. The number of hydrogen-bond acceptors (Lipinski definition) is 5. The van der Waals surface area contributed by atoms with Crippen molar-refractivity contribution < 1.29 is 9.53 Å². The zero-order valence-electron chi connectivity index (χ0n) is 17.9. The highest BCUT2D eigenvalue weighted by molar-refractivity contribution is 7.15. The van der Waals surface area contributed by atoms with E-state index in [1.54, 1.807) is 23.9 Å². The van der Waals surface area contributed by atoms with Crippen molar-refractivity contribution in [3.05, 3.63) is 59.1 Å². The third-order valence-corrected chi connectivity index (χ3v) is 6.46. The third kappa shape index (κ3) is 5.64. The number of nitrogens with one attached hydrogen (secondary N) is 1. The van der Waals surface area contributed by atoms with Crippen molar-refractivity contribution in [2.45, 2.75) is 52.1 Å². The molecule has 1 aromatic carbocycles.